The van der Waals surface area contributed by atoms with Crippen LogP contribution in [0.5, 0.6) is 0 Å². The molecule has 0 bridgehead atoms. The van der Waals surface area contributed by atoms with Crippen molar-refractivity contribution in [3.8, 4) is 11.1 Å². The van der Waals surface area contributed by atoms with Gasteiger partial charge in [-0.1, -0.05) is 93.1 Å². The zero-order valence-corrected chi connectivity index (χ0v) is 40.9. The quantitative estimate of drug-likeness (QED) is 0.0475. The summed E-state index contributed by atoms with van der Waals surface area (Å²) in [5.74, 6) is 0.700. The predicted octanol–water partition coefficient (Wildman–Crippen LogP) is 11.9. The third-order valence-corrected chi connectivity index (χ3v) is 14.8. The summed E-state index contributed by atoms with van der Waals surface area (Å²) in [5, 5.41) is 3.27. The predicted molar refractivity (Wildman–Crippen MR) is 266 cm³/mol. The van der Waals surface area contributed by atoms with E-state index in [1.54, 1.807) is 30.0 Å². The van der Waals surface area contributed by atoms with Crippen LogP contribution in [-0.2, 0) is 21.7 Å². The van der Waals surface area contributed by atoms with E-state index in [2.05, 4.69) is 87.4 Å². The maximum absolute atomic E-state index is 14.1. The Bertz CT molecular complexity index is 2190. The second-order valence-electron chi connectivity index (χ2n) is 15.7. The molecule has 1 amide bonds. The summed E-state index contributed by atoms with van der Waals surface area (Å²) in [6, 6.07) is 28.7. The average Bonchev–Trinajstić information content (AvgIpc) is 3.32. The lowest BCUT2D eigenvalue weighted by atomic mass is 9.86. The fourth-order valence-electron chi connectivity index (χ4n) is 7.70. The van der Waals surface area contributed by atoms with E-state index in [4.69, 9.17) is 14.3 Å². The molecular formula is C49H62F3N4O5PS3. The topological polar surface area (TPSA) is 114 Å². The molecule has 0 aromatic heterocycles. The van der Waals surface area contributed by atoms with Gasteiger partial charge in [0.2, 0.25) is 0 Å². The van der Waals surface area contributed by atoms with Crippen molar-refractivity contribution in [3.63, 3.8) is 0 Å². The molecule has 352 valence electrons. The van der Waals surface area contributed by atoms with Crippen LogP contribution in [0.3, 0.4) is 0 Å². The van der Waals surface area contributed by atoms with E-state index in [9.17, 15) is 22.2 Å². The van der Waals surface area contributed by atoms with E-state index in [-0.39, 0.29) is 18.3 Å². The maximum atomic E-state index is 14.1. The number of piperidine rings is 1. The Labute approximate surface area is 395 Å². The van der Waals surface area contributed by atoms with Crippen LogP contribution in [0.1, 0.15) is 74.4 Å². The van der Waals surface area contributed by atoms with Crippen LogP contribution < -0.4 is 14.9 Å². The molecule has 4 N–H and O–H groups in total. The smallest absolute Gasteiger partial charge is 0.380 e. The highest BCUT2D eigenvalue weighted by molar-refractivity contribution is 8.03. The van der Waals surface area contributed by atoms with Crippen LogP contribution >= 0.6 is 32.3 Å². The normalized spacial score (nSPS) is 15.3. The Kier molecular flexibility index (Phi) is 21.4. The summed E-state index contributed by atoms with van der Waals surface area (Å²) in [4.78, 5) is 36.9. The number of anilines is 2. The van der Waals surface area contributed by atoms with Gasteiger partial charge in [0, 0.05) is 59.0 Å². The minimum Gasteiger partial charge on any atom is -0.380 e. The van der Waals surface area contributed by atoms with Gasteiger partial charge in [-0.25, -0.2) is 4.21 Å². The van der Waals surface area contributed by atoms with Crippen molar-refractivity contribution in [1.82, 2.24) is 9.62 Å². The standard InChI is InChI=1S/C47H56F3N4O5PS3.C2H6/c1-3-53(29-30-59-60(56)57)26-25-39(33-61-41-10-5-4-6-11-41)51-44-22-21-42(32-45(44)63(58)47(48,49)50)62-52-46(55)37-17-19-40(20-18-37)54-27-23-35(24-28-54)31-38-9-7-8-12-43(38)36-15-13-34(2)14-16-36;1-2/h5,7-22,32,35,39,51,56-57H,3-4,6,23-31,33H2,1-2H3,(H,52,55);1-2H3. The van der Waals surface area contributed by atoms with Crippen molar-refractivity contribution in [2.75, 3.05) is 55.3 Å². The first-order valence-corrected chi connectivity index (χ1v) is 26.4. The SMILES string of the molecule is CC.CCN(CCOP(O)O)CCC(CSC1=CCCC=C1)Nc1ccc(SNC(=O)c2ccc(N3CCC(Cc4ccccc4-c4ccc(C)cc4)CC3)cc2)cc1S(=O)C(F)(F)F. The molecule has 1 saturated heterocycles. The van der Waals surface area contributed by atoms with Gasteiger partial charge >= 0.3 is 14.1 Å². The number of amides is 1. The van der Waals surface area contributed by atoms with Crippen molar-refractivity contribution in [2.24, 2.45) is 5.92 Å². The Morgan fingerprint density at radius 2 is 1.71 bits per heavy atom. The molecule has 4 aromatic rings. The highest BCUT2D eigenvalue weighted by Crippen LogP contribution is 2.36. The number of thioether (sulfide) groups is 1. The number of aryl methyl sites for hydroxylation is 1. The second kappa shape index (κ2) is 26.6. The van der Waals surface area contributed by atoms with Crippen molar-refractivity contribution < 1.29 is 36.5 Å². The summed E-state index contributed by atoms with van der Waals surface area (Å²) in [6.07, 6.45) is 11.8. The first-order valence-electron chi connectivity index (χ1n) is 22.2. The Morgan fingerprint density at radius 3 is 2.37 bits per heavy atom. The Hall–Kier alpha value is -3.66. The number of nitrogens with one attached hydrogen (secondary N) is 2. The molecule has 0 spiro atoms. The molecule has 1 heterocycles. The van der Waals surface area contributed by atoms with Gasteiger partial charge in [0.25, 0.3) is 5.91 Å². The van der Waals surface area contributed by atoms with Gasteiger partial charge in [-0.15, -0.1) is 11.8 Å². The van der Waals surface area contributed by atoms with Crippen molar-refractivity contribution in [3.05, 3.63) is 131 Å². The van der Waals surface area contributed by atoms with Crippen LogP contribution in [0.4, 0.5) is 24.5 Å². The minimum absolute atomic E-state index is 0.101. The number of hydrogen-bond acceptors (Lipinski definition) is 10. The lowest BCUT2D eigenvalue weighted by molar-refractivity contribution is -0.0384. The van der Waals surface area contributed by atoms with Crippen LogP contribution in [0, 0.1) is 12.8 Å². The van der Waals surface area contributed by atoms with Crippen LogP contribution in [0.25, 0.3) is 11.1 Å². The molecule has 2 atom stereocenters. The summed E-state index contributed by atoms with van der Waals surface area (Å²) in [6.45, 7) is 11.7. The molecule has 9 nitrogen and oxygen atoms in total. The number of rotatable bonds is 21. The van der Waals surface area contributed by atoms with E-state index >= 15 is 0 Å². The van der Waals surface area contributed by atoms with E-state index in [1.807, 2.05) is 39.0 Å². The number of halogens is 3. The van der Waals surface area contributed by atoms with E-state index < -0.39 is 35.7 Å². The summed E-state index contributed by atoms with van der Waals surface area (Å²) in [5.41, 5.74) is 1.67. The fourth-order valence-corrected chi connectivity index (χ4v) is 10.5. The molecule has 2 aliphatic rings. The molecule has 65 heavy (non-hydrogen) atoms. The molecule has 6 rings (SSSR count). The lowest BCUT2D eigenvalue weighted by Gasteiger charge is -2.34. The number of carbonyl (C=O) groups is 1. The Balaban J connectivity index is 0.00000391. The van der Waals surface area contributed by atoms with Gasteiger partial charge in [-0.3, -0.25) is 9.52 Å². The zero-order chi connectivity index (χ0) is 46.8. The van der Waals surface area contributed by atoms with E-state index in [0.29, 0.717) is 48.2 Å². The zero-order valence-electron chi connectivity index (χ0n) is 37.6. The third-order valence-electron chi connectivity index (χ3n) is 11.2. The van der Waals surface area contributed by atoms with E-state index in [1.165, 1.54) is 34.4 Å². The molecule has 2 unspecified atom stereocenters. The largest absolute Gasteiger partial charge is 0.475 e. The van der Waals surface area contributed by atoms with Gasteiger partial charge in [0.05, 0.1) is 17.2 Å². The number of alkyl halides is 3. The summed E-state index contributed by atoms with van der Waals surface area (Å²) in [7, 11) is -5.81. The number of allylic oxidation sites excluding steroid dienone is 3. The van der Waals surface area contributed by atoms with Crippen LogP contribution in [0.2, 0.25) is 0 Å². The number of nitrogens with zero attached hydrogens (tertiary/aromatic N) is 2. The van der Waals surface area contributed by atoms with Crippen LogP contribution in [-0.4, -0.2) is 81.4 Å². The molecule has 1 fully saturated rings. The number of likely N-dealkylation sites (N-methyl/N-ethyl adjacent to an activating group) is 1. The number of carbonyl (C=O) groups excluding carboxylic acids is 1. The average molecular weight is 971 g/mol. The van der Waals surface area contributed by atoms with Gasteiger partial charge < -0.3 is 29.4 Å². The highest BCUT2D eigenvalue weighted by Gasteiger charge is 2.39. The van der Waals surface area contributed by atoms with Crippen molar-refractivity contribution in [1.29, 1.82) is 0 Å². The third kappa shape index (κ3) is 16.6. The number of hydrogen-bond donors (Lipinski definition) is 4. The fraction of sp³-hybridized carbons (Fsp3) is 0.408. The molecule has 1 aliphatic heterocycles. The molecule has 4 aromatic carbocycles. The highest BCUT2D eigenvalue weighted by atomic mass is 32.2. The Morgan fingerprint density at radius 1 is 0.985 bits per heavy atom. The lowest BCUT2D eigenvalue weighted by Crippen LogP contribution is -2.34. The molecule has 1 aliphatic carbocycles. The van der Waals surface area contributed by atoms with Crippen LogP contribution in [0.15, 0.2) is 124 Å². The van der Waals surface area contributed by atoms with Gasteiger partial charge in [-0.2, -0.15) is 13.2 Å². The van der Waals surface area contributed by atoms with Gasteiger partial charge in [-0.05, 0) is 129 Å². The first kappa shape index (κ1) is 52.3. The first-order chi connectivity index (χ1) is 31.4. The van der Waals surface area contributed by atoms with Gasteiger partial charge in [0.1, 0.15) is 0 Å². The molecule has 0 radical (unpaired) electrons. The molecular weight excluding hydrogens is 909 g/mol. The summed E-state index contributed by atoms with van der Waals surface area (Å²) < 4.78 is 62.8. The molecule has 16 heteroatoms. The van der Waals surface area contributed by atoms with E-state index in [0.717, 1.165) is 67.7 Å². The summed E-state index contributed by atoms with van der Waals surface area (Å²) >= 11 is 2.47. The monoisotopic (exact) mass is 970 g/mol. The van der Waals surface area contributed by atoms with Crippen molar-refractivity contribution in [2.45, 2.75) is 87.6 Å². The second-order valence-corrected chi connectivity index (χ2v) is 19.8. The molecule has 0 saturated carbocycles. The van der Waals surface area contributed by atoms with Gasteiger partial charge in [0.15, 0.2) is 10.8 Å². The van der Waals surface area contributed by atoms with Crippen molar-refractivity contribution >= 4 is 60.4 Å². The minimum atomic E-state index is -5.01. The maximum Gasteiger partial charge on any atom is 0.475 e. The number of benzene rings is 4.